The molecule has 1 aliphatic heterocycles. The molecule has 2 atom stereocenters. The number of aliphatic hydroxyl groups is 1. The highest BCUT2D eigenvalue weighted by atomic mass is 16.5. The molecule has 3 N–H and O–H groups in total. The zero-order valence-electron chi connectivity index (χ0n) is 18.8. The zero-order valence-corrected chi connectivity index (χ0v) is 18.8. The van der Waals surface area contributed by atoms with Crippen LogP contribution in [-0.2, 0) is 9.53 Å². The van der Waals surface area contributed by atoms with Gasteiger partial charge in [0.05, 0.1) is 17.4 Å². The quantitative estimate of drug-likeness (QED) is 0.521. The van der Waals surface area contributed by atoms with Crippen LogP contribution >= 0.6 is 0 Å². The maximum absolute atomic E-state index is 13.1. The number of benzene rings is 3. The molecule has 0 unspecified atom stereocenters. The molecule has 0 radical (unpaired) electrons. The van der Waals surface area contributed by atoms with Crippen LogP contribution in [0, 0.1) is 0 Å². The summed E-state index contributed by atoms with van der Waals surface area (Å²) in [5.74, 6) is -1.87. The predicted octanol–water partition coefficient (Wildman–Crippen LogP) is 3.71. The first-order chi connectivity index (χ1) is 16.9. The summed E-state index contributed by atoms with van der Waals surface area (Å²) in [6, 6.07) is 21.2. The molecule has 1 aliphatic carbocycles. The van der Waals surface area contributed by atoms with E-state index in [1.54, 1.807) is 18.2 Å². The van der Waals surface area contributed by atoms with E-state index in [1.165, 1.54) is 6.07 Å². The van der Waals surface area contributed by atoms with E-state index >= 15 is 0 Å². The molecular weight excluding hydrogens is 448 g/mol. The average molecular weight is 472 g/mol. The molecule has 178 valence electrons. The van der Waals surface area contributed by atoms with Gasteiger partial charge in [-0.2, -0.15) is 0 Å². The highest BCUT2D eigenvalue weighted by molar-refractivity contribution is 6.04. The lowest BCUT2D eigenvalue weighted by molar-refractivity contribution is -0.141. The molecule has 0 spiro atoms. The maximum Gasteiger partial charge on any atom is 0.411 e. The average Bonchev–Trinajstić information content (AvgIpc) is 3.41. The third-order valence-electron chi connectivity index (χ3n) is 6.56. The van der Waals surface area contributed by atoms with E-state index in [1.807, 2.05) is 36.4 Å². The molecule has 8 nitrogen and oxygen atoms in total. The number of amides is 2. The molecule has 0 bridgehead atoms. The topological polar surface area (TPSA) is 116 Å². The van der Waals surface area contributed by atoms with E-state index in [-0.39, 0.29) is 36.7 Å². The number of hydrogen-bond acceptors (Lipinski definition) is 5. The van der Waals surface area contributed by atoms with Gasteiger partial charge in [-0.3, -0.25) is 10.1 Å². The number of nitrogens with one attached hydrogen (secondary N) is 1. The largest absolute Gasteiger partial charge is 0.480 e. The first-order valence-electron chi connectivity index (χ1n) is 11.4. The second-order valence-electron chi connectivity index (χ2n) is 8.70. The second kappa shape index (κ2) is 9.23. The summed E-state index contributed by atoms with van der Waals surface area (Å²) >= 11 is 0. The number of β-amino-alcohol motifs (C(OH)–C–C–N with tert-alkyl or cyclic N) is 1. The van der Waals surface area contributed by atoms with Crippen LogP contribution in [0.5, 0.6) is 0 Å². The Morgan fingerprint density at radius 1 is 0.914 bits per heavy atom. The summed E-state index contributed by atoms with van der Waals surface area (Å²) in [6.07, 6.45) is -1.67. The lowest BCUT2D eigenvalue weighted by Crippen LogP contribution is -2.41. The Hall–Kier alpha value is -4.17. The minimum absolute atomic E-state index is 0.0386. The van der Waals surface area contributed by atoms with Crippen LogP contribution in [0.1, 0.15) is 33.8 Å². The van der Waals surface area contributed by atoms with Crippen LogP contribution in [-0.4, -0.2) is 58.4 Å². The van der Waals surface area contributed by atoms with Gasteiger partial charge >= 0.3 is 12.1 Å². The van der Waals surface area contributed by atoms with Crippen molar-refractivity contribution in [3.63, 3.8) is 0 Å². The number of carboxylic acid groups (broad SMARTS) is 1. The van der Waals surface area contributed by atoms with Crippen molar-refractivity contribution < 1.29 is 29.3 Å². The molecule has 35 heavy (non-hydrogen) atoms. The first kappa shape index (κ1) is 22.6. The molecule has 1 fully saturated rings. The number of carboxylic acids is 1. The van der Waals surface area contributed by atoms with Gasteiger partial charge in [-0.15, -0.1) is 0 Å². The number of nitrogens with zero attached hydrogens (tertiary/aromatic N) is 1. The Morgan fingerprint density at radius 2 is 1.51 bits per heavy atom. The van der Waals surface area contributed by atoms with Crippen molar-refractivity contribution in [1.29, 1.82) is 0 Å². The van der Waals surface area contributed by atoms with Crippen LogP contribution < -0.4 is 5.32 Å². The van der Waals surface area contributed by atoms with E-state index in [4.69, 9.17) is 4.74 Å². The fraction of sp³-hybridized carbons (Fsp3) is 0.222. The molecule has 5 rings (SSSR count). The van der Waals surface area contributed by atoms with Crippen LogP contribution in [0.15, 0.2) is 72.8 Å². The van der Waals surface area contributed by atoms with Gasteiger partial charge in [0.2, 0.25) is 0 Å². The number of ether oxygens (including phenoxy) is 1. The Bertz CT molecular complexity index is 1260. The van der Waals surface area contributed by atoms with Crippen LogP contribution in [0.4, 0.5) is 10.5 Å². The van der Waals surface area contributed by atoms with E-state index in [9.17, 15) is 24.6 Å². The first-order valence-corrected chi connectivity index (χ1v) is 11.4. The van der Waals surface area contributed by atoms with Crippen molar-refractivity contribution in [3.05, 3.63) is 89.5 Å². The molecular formula is C27H24N2O6. The predicted molar refractivity (Wildman–Crippen MR) is 128 cm³/mol. The molecule has 1 saturated heterocycles. The fourth-order valence-electron chi connectivity index (χ4n) is 4.95. The molecule has 8 heteroatoms. The number of para-hydroxylation sites is 1. The van der Waals surface area contributed by atoms with Gasteiger partial charge in [0, 0.05) is 18.9 Å². The highest BCUT2D eigenvalue weighted by Gasteiger charge is 2.40. The number of likely N-dealkylation sites (tertiary alicyclic amines) is 1. The van der Waals surface area contributed by atoms with Crippen LogP contribution in [0.2, 0.25) is 0 Å². The number of fused-ring (bicyclic) bond motifs is 3. The van der Waals surface area contributed by atoms with Crippen LogP contribution in [0.25, 0.3) is 11.1 Å². The van der Waals surface area contributed by atoms with Crippen molar-refractivity contribution in [2.45, 2.75) is 24.5 Å². The summed E-state index contributed by atoms with van der Waals surface area (Å²) in [7, 11) is 0. The Morgan fingerprint density at radius 3 is 2.17 bits per heavy atom. The molecule has 3 aromatic carbocycles. The minimum Gasteiger partial charge on any atom is -0.480 e. The van der Waals surface area contributed by atoms with Crippen molar-refractivity contribution in [2.75, 3.05) is 18.5 Å². The molecule has 2 amide bonds. The van der Waals surface area contributed by atoms with Gasteiger partial charge < -0.3 is 19.8 Å². The van der Waals surface area contributed by atoms with E-state index < -0.39 is 30.1 Å². The normalized spacial score (nSPS) is 18.6. The number of anilines is 1. The highest BCUT2D eigenvalue weighted by Crippen LogP contribution is 2.44. The van der Waals surface area contributed by atoms with Gasteiger partial charge in [-0.05, 0) is 34.4 Å². The maximum atomic E-state index is 13.1. The number of carbonyl (C=O) groups is 3. The van der Waals surface area contributed by atoms with Gasteiger partial charge in [0.25, 0.3) is 5.91 Å². The number of rotatable bonds is 5. The van der Waals surface area contributed by atoms with Crippen molar-refractivity contribution in [3.8, 4) is 11.1 Å². The standard InChI is InChI=1S/C27H24N2O6/c30-16-13-24(26(32)33)29(14-16)25(31)21-11-5-6-12-23(21)28-27(34)35-15-22-19-9-3-1-7-17(19)18-8-2-4-10-20(18)22/h1-12,16,22,24,30H,13-15H2,(H,28,34)(H,32,33)/t16-,24-/m1/s1. The SMILES string of the molecule is O=C(Nc1ccccc1C(=O)N1C[C@H](O)C[C@@H]1C(=O)O)OCC1c2ccccc2-c2ccccc21. The van der Waals surface area contributed by atoms with Crippen LogP contribution in [0.3, 0.4) is 0 Å². The van der Waals surface area contributed by atoms with Gasteiger partial charge in [0.1, 0.15) is 12.6 Å². The van der Waals surface area contributed by atoms with Gasteiger partial charge in [0.15, 0.2) is 0 Å². The Kier molecular flexibility index (Phi) is 5.96. The van der Waals surface area contributed by atoms with Crippen molar-refractivity contribution >= 4 is 23.7 Å². The monoisotopic (exact) mass is 472 g/mol. The minimum atomic E-state index is -1.18. The molecule has 2 aliphatic rings. The third-order valence-corrected chi connectivity index (χ3v) is 6.56. The van der Waals surface area contributed by atoms with Gasteiger partial charge in [-0.1, -0.05) is 60.7 Å². The Labute approximate surface area is 201 Å². The molecule has 0 saturated carbocycles. The van der Waals surface area contributed by atoms with Crippen molar-refractivity contribution in [1.82, 2.24) is 4.90 Å². The smallest absolute Gasteiger partial charge is 0.411 e. The van der Waals surface area contributed by atoms with E-state index in [0.717, 1.165) is 27.2 Å². The Balaban J connectivity index is 1.31. The molecule has 0 aromatic heterocycles. The summed E-state index contributed by atoms with van der Waals surface area (Å²) in [5, 5.41) is 21.9. The number of carbonyl (C=O) groups excluding carboxylic acids is 2. The lowest BCUT2D eigenvalue weighted by Gasteiger charge is -2.22. The van der Waals surface area contributed by atoms with Crippen molar-refractivity contribution in [2.24, 2.45) is 0 Å². The van der Waals surface area contributed by atoms with Gasteiger partial charge in [-0.25, -0.2) is 9.59 Å². The number of aliphatic hydroxyl groups excluding tert-OH is 1. The summed E-state index contributed by atoms with van der Waals surface area (Å²) in [6.45, 7) is 0.0322. The summed E-state index contributed by atoms with van der Waals surface area (Å²) < 4.78 is 5.57. The lowest BCUT2D eigenvalue weighted by atomic mass is 9.98. The van der Waals surface area contributed by atoms with E-state index in [0.29, 0.717) is 0 Å². The number of aliphatic carboxylic acids is 1. The number of hydrogen-bond donors (Lipinski definition) is 3. The molecule has 3 aromatic rings. The zero-order chi connectivity index (χ0) is 24.5. The summed E-state index contributed by atoms with van der Waals surface area (Å²) in [4.78, 5) is 38.5. The summed E-state index contributed by atoms with van der Waals surface area (Å²) in [5.41, 5.74) is 4.75. The third kappa shape index (κ3) is 4.24. The molecule has 1 heterocycles. The fourth-order valence-corrected chi connectivity index (χ4v) is 4.95. The van der Waals surface area contributed by atoms with E-state index in [2.05, 4.69) is 17.4 Å². The second-order valence-corrected chi connectivity index (χ2v) is 8.70.